The first-order valence-corrected chi connectivity index (χ1v) is 6.86. The van der Waals surface area contributed by atoms with E-state index in [1.165, 1.54) is 0 Å². The molecule has 0 saturated heterocycles. The van der Waals surface area contributed by atoms with Crippen LogP contribution in [0.4, 0.5) is 5.82 Å². The van der Waals surface area contributed by atoms with Gasteiger partial charge >= 0.3 is 0 Å². The first kappa shape index (κ1) is 13.7. The van der Waals surface area contributed by atoms with E-state index in [4.69, 9.17) is 4.74 Å². The highest BCUT2D eigenvalue weighted by molar-refractivity contribution is 5.40. The monoisotopic (exact) mass is 261 g/mol. The minimum absolute atomic E-state index is 0.345. The molecule has 19 heavy (non-hydrogen) atoms. The van der Waals surface area contributed by atoms with Crippen molar-refractivity contribution in [2.45, 2.75) is 38.6 Å². The SMILES string of the molecule is CCC(C)Nc1cc(C2C=CC(OC)=CC2)nn1C. The molecule has 1 aliphatic carbocycles. The van der Waals surface area contributed by atoms with Crippen molar-refractivity contribution in [1.82, 2.24) is 9.78 Å². The molecule has 1 aromatic heterocycles. The van der Waals surface area contributed by atoms with Gasteiger partial charge in [-0.25, -0.2) is 0 Å². The summed E-state index contributed by atoms with van der Waals surface area (Å²) in [5.41, 5.74) is 1.11. The Morgan fingerprint density at radius 2 is 2.37 bits per heavy atom. The number of nitrogens with one attached hydrogen (secondary N) is 1. The molecule has 1 N–H and O–H groups in total. The van der Waals surface area contributed by atoms with Crippen LogP contribution in [0.15, 0.2) is 30.1 Å². The molecule has 104 valence electrons. The average molecular weight is 261 g/mol. The van der Waals surface area contributed by atoms with Crippen molar-refractivity contribution in [3.8, 4) is 0 Å². The van der Waals surface area contributed by atoms with Crippen LogP contribution < -0.4 is 5.32 Å². The molecule has 2 atom stereocenters. The fraction of sp³-hybridized carbons (Fsp3) is 0.533. The highest BCUT2D eigenvalue weighted by atomic mass is 16.5. The summed E-state index contributed by atoms with van der Waals surface area (Å²) < 4.78 is 7.13. The highest BCUT2D eigenvalue weighted by Gasteiger charge is 2.16. The topological polar surface area (TPSA) is 39.1 Å². The molecule has 0 spiro atoms. The summed E-state index contributed by atoms with van der Waals surface area (Å²) in [4.78, 5) is 0. The Bertz CT molecular complexity index is 488. The van der Waals surface area contributed by atoms with Crippen molar-refractivity contribution in [3.63, 3.8) is 0 Å². The normalized spacial score (nSPS) is 20.0. The molecule has 4 nitrogen and oxygen atoms in total. The Kier molecular flexibility index (Phi) is 4.30. The number of anilines is 1. The lowest BCUT2D eigenvalue weighted by Gasteiger charge is -2.13. The molecule has 0 saturated carbocycles. The standard InChI is InChI=1S/C15H23N3O/c1-5-11(2)16-15-10-14(17-18(15)3)12-6-8-13(19-4)9-7-12/h6,8-12,16H,5,7H2,1-4H3. The van der Waals surface area contributed by atoms with E-state index in [1.807, 2.05) is 17.8 Å². The van der Waals surface area contributed by atoms with Gasteiger partial charge in [0, 0.05) is 25.1 Å². The lowest BCUT2D eigenvalue weighted by atomic mass is 9.97. The number of allylic oxidation sites excluding steroid dienone is 3. The molecule has 0 bridgehead atoms. The number of aryl methyl sites for hydroxylation is 1. The molecule has 0 aromatic carbocycles. The van der Waals surface area contributed by atoms with Gasteiger partial charge in [0.2, 0.25) is 0 Å². The molecule has 4 heteroatoms. The van der Waals surface area contributed by atoms with Crippen molar-refractivity contribution in [2.75, 3.05) is 12.4 Å². The van der Waals surface area contributed by atoms with Crippen LogP contribution in [0.1, 0.15) is 38.3 Å². The van der Waals surface area contributed by atoms with Gasteiger partial charge in [-0.2, -0.15) is 5.10 Å². The molecule has 0 amide bonds. The molecular formula is C15H23N3O. The van der Waals surface area contributed by atoms with Gasteiger partial charge in [-0.15, -0.1) is 0 Å². The van der Waals surface area contributed by atoms with Crippen molar-refractivity contribution < 1.29 is 4.74 Å². The van der Waals surface area contributed by atoms with Crippen LogP contribution >= 0.6 is 0 Å². The van der Waals surface area contributed by atoms with Crippen LogP contribution in [0.3, 0.4) is 0 Å². The minimum Gasteiger partial charge on any atom is -0.497 e. The fourth-order valence-electron chi connectivity index (χ4n) is 2.13. The lowest BCUT2D eigenvalue weighted by Crippen LogP contribution is -2.15. The minimum atomic E-state index is 0.345. The molecule has 2 unspecified atom stereocenters. The zero-order valence-electron chi connectivity index (χ0n) is 12.2. The lowest BCUT2D eigenvalue weighted by molar-refractivity contribution is 0.303. The average Bonchev–Trinajstić information content (AvgIpc) is 2.80. The molecular weight excluding hydrogens is 238 g/mol. The second kappa shape index (κ2) is 5.95. The van der Waals surface area contributed by atoms with Crippen LogP contribution in [0, 0.1) is 0 Å². The second-order valence-electron chi connectivity index (χ2n) is 5.04. The fourth-order valence-corrected chi connectivity index (χ4v) is 2.13. The van der Waals surface area contributed by atoms with Crippen LogP contribution in [-0.2, 0) is 11.8 Å². The number of aromatic nitrogens is 2. The van der Waals surface area contributed by atoms with Gasteiger partial charge in [0.1, 0.15) is 11.6 Å². The van der Waals surface area contributed by atoms with Gasteiger partial charge < -0.3 is 10.1 Å². The van der Waals surface area contributed by atoms with E-state index in [0.29, 0.717) is 12.0 Å². The Hall–Kier alpha value is -1.71. The molecule has 1 aliphatic rings. The van der Waals surface area contributed by atoms with Gasteiger partial charge in [0.25, 0.3) is 0 Å². The van der Waals surface area contributed by atoms with Crippen LogP contribution in [-0.4, -0.2) is 22.9 Å². The van der Waals surface area contributed by atoms with E-state index < -0.39 is 0 Å². The summed E-state index contributed by atoms with van der Waals surface area (Å²) in [6, 6.07) is 2.61. The third-order valence-corrected chi connectivity index (χ3v) is 3.59. The predicted molar refractivity (Wildman–Crippen MR) is 78.2 cm³/mol. The number of rotatable bonds is 5. The number of nitrogens with zero attached hydrogens (tertiary/aromatic N) is 2. The summed E-state index contributed by atoms with van der Waals surface area (Å²) in [6.07, 6.45) is 8.34. The smallest absolute Gasteiger partial charge is 0.124 e. The maximum atomic E-state index is 5.21. The van der Waals surface area contributed by atoms with E-state index in [1.54, 1.807) is 7.11 Å². The van der Waals surface area contributed by atoms with Crippen LogP contribution in [0.2, 0.25) is 0 Å². The van der Waals surface area contributed by atoms with Gasteiger partial charge in [-0.3, -0.25) is 4.68 Å². The van der Waals surface area contributed by atoms with E-state index in [0.717, 1.165) is 30.1 Å². The number of ether oxygens (including phenoxy) is 1. The van der Waals surface area contributed by atoms with E-state index in [-0.39, 0.29) is 0 Å². The van der Waals surface area contributed by atoms with Crippen LogP contribution in [0.5, 0.6) is 0 Å². The predicted octanol–water partition coefficient (Wildman–Crippen LogP) is 3.20. The molecule has 1 heterocycles. The second-order valence-corrected chi connectivity index (χ2v) is 5.04. The quantitative estimate of drug-likeness (QED) is 0.884. The van der Waals surface area contributed by atoms with Gasteiger partial charge in [0.15, 0.2) is 0 Å². The van der Waals surface area contributed by atoms with Gasteiger partial charge in [-0.1, -0.05) is 13.0 Å². The maximum Gasteiger partial charge on any atom is 0.124 e. The van der Waals surface area contributed by atoms with E-state index >= 15 is 0 Å². The van der Waals surface area contributed by atoms with Crippen LogP contribution in [0.25, 0.3) is 0 Å². The molecule has 1 aromatic rings. The first-order chi connectivity index (χ1) is 9.13. The third-order valence-electron chi connectivity index (χ3n) is 3.59. The summed E-state index contributed by atoms with van der Waals surface area (Å²) >= 11 is 0. The van der Waals surface area contributed by atoms with Gasteiger partial charge in [-0.05, 0) is 31.9 Å². The van der Waals surface area contributed by atoms with E-state index in [2.05, 4.69) is 42.5 Å². The molecule has 0 radical (unpaired) electrons. The summed E-state index contributed by atoms with van der Waals surface area (Å²) in [5, 5.41) is 8.08. The Balaban J connectivity index is 2.09. The highest BCUT2D eigenvalue weighted by Crippen LogP contribution is 2.27. The zero-order valence-corrected chi connectivity index (χ0v) is 12.2. The zero-order chi connectivity index (χ0) is 13.8. The van der Waals surface area contributed by atoms with Crippen molar-refractivity contribution in [3.05, 3.63) is 35.7 Å². The van der Waals surface area contributed by atoms with Gasteiger partial charge in [0.05, 0.1) is 12.8 Å². The van der Waals surface area contributed by atoms with E-state index in [9.17, 15) is 0 Å². The Morgan fingerprint density at radius 1 is 1.58 bits per heavy atom. The Morgan fingerprint density at radius 3 is 2.95 bits per heavy atom. The number of hydrogen-bond acceptors (Lipinski definition) is 3. The van der Waals surface area contributed by atoms with Crippen molar-refractivity contribution >= 4 is 5.82 Å². The maximum absolute atomic E-state index is 5.21. The van der Waals surface area contributed by atoms with Crippen molar-refractivity contribution in [2.24, 2.45) is 7.05 Å². The summed E-state index contributed by atoms with van der Waals surface area (Å²) in [7, 11) is 3.68. The van der Waals surface area contributed by atoms with Crippen molar-refractivity contribution in [1.29, 1.82) is 0 Å². The number of methoxy groups -OCH3 is 1. The summed E-state index contributed by atoms with van der Waals surface area (Å²) in [5.74, 6) is 2.36. The Labute approximate surface area is 115 Å². The summed E-state index contributed by atoms with van der Waals surface area (Å²) in [6.45, 7) is 4.36. The molecule has 0 aliphatic heterocycles. The first-order valence-electron chi connectivity index (χ1n) is 6.86. The number of hydrogen-bond donors (Lipinski definition) is 1. The molecule has 2 rings (SSSR count). The largest absolute Gasteiger partial charge is 0.497 e. The molecule has 0 fully saturated rings. The third kappa shape index (κ3) is 3.19.